The molecule has 0 saturated heterocycles. The van der Waals surface area contributed by atoms with Crippen LogP contribution in [0.2, 0.25) is 0 Å². The molecular formula is C11H18O. The molecule has 0 aromatic carbocycles. The monoisotopic (exact) mass is 166 g/mol. The Bertz CT molecular complexity index is 174. The Morgan fingerprint density at radius 2 is 2.42 bits per heavy atom. The number of carbonyl (C=O) groups excluding carboxylic acids is 1. The molecule has 12 heavy (non-hydrogen) atoms. The number of rotatable bonds is 4. The van der Waals surface area contributed by atoms with Gasteiger partial charge in [0.05, 0.1) is 0 Å². The molecule has 0 amide bonds. The van der Waals surface area contributed by atoms with Gasteiger partial charge < -0.3 is 4.79 Å². The summed E-state index contributed by atoms with van der Waals surface area (Å²) in [6.07, 6.45) is 8.60. The van der Waals surface area contributed by atoms with E-state index < -0.39 is 0 Å². The van der Waals surface area contributed by atoms with Crippen molar-refractivity contribution < 1.29 is 4.79 Å². The average Bonchev–Trinajstić information content (AvgIpc) is 2.45. The quantitative estimate of drug-likeness (QED) is 0.463. The van der Waals surface area contributed by atoms with Gasteiger partial charge in [-0.15, -0.1) is 6.58 Å². The molecule has 2 unspecified atom stereocenters. The van der Waals surface area contributed by atoms with Gasteiger partial charge in [0.25, 0.3) is 0 Å². The maximum absolute atomic E-state index is 11.0. The van der Waals surface area contributed by atoms with Crippen molar-refractivity contribution in [1.29, 1.82) is 0 Å². The number of carbonyl (C=O) groups is 1. The fourth-order valence-electron chi connectivity index (χ4n) is 2.25. The minimum atomic E-state index is -0.00576. The Morgan fingerprint density at radius 3 is 2.83 bits per heavy atom. The summed E-state index contributed by atoms with van der Waals surface area (Å²) in [4.78, 5) is 11.0. The van der Waals surface area contributed by atoms with Gasteiger partial charge >= 0.3 is 0 Å². The van der Waals surface area contributed by atoms with Crippen molar-refractivity contribution in [2.75, 3.05) is 0 Å². The molecule has 0 aliphatic heterocycles. The van der Waals surface area contributed by atoms with E-state index in [1.54, 1.807) is 0 Å². The summed E-state index contributed by atoms with van der Waals surface area (Å²) >= 11 is 0. The maximum atomic E-state index is 11.0. The van der Waals surface area contributed by atoms with E-state index in [2.05, 4.69) is 13.5 Å². The van der Waals surface area contributed by atoms with E-state index in [0.717, 1.165) is 19.3 Å². The highest BCUT2D eigenvalue weighted by atomic mass is 16.1. The highest BCUT2D eigenvalue weighted by molar-refractivity contribution is 5.60. The lowest BCUT2D eigenvalue weighted by molar-refractivity contribution is -0.118. The maximum Gasteiger partial charge on any atom is 0.126 e. The molecule has 1 rings (SSSR count). The topological polar surface area (TPSA) is 17.1 Å². The number of hydrogen-bond acceptors (Lipinski definition) is 1. The zero-order valence-electron chi connectivity index (χ0n) is 7.88. The average molecular weight is 166 g/mol. The van der Waals surface area contributed by atoms with E-state index >= 15 is 0 Å². The molecule has 0 aromatic heterocycles. The molecule has 1 nitrogen and oxygen atoms in total. The molecule has 68 valence electrons. The first-order chi connectivity index (χ1) is 5.75. The second-order valence-corrected chi connectivity index (χ2v) is 3.97. The molecular weight excluding hydrogens is 148 g/mol. The van der Waals surface area contributed by atoms with Crippen LogP contribution in [-0.2, 0) is 4.79 Å². The predicted octanol–water partition coefficient (Wildman–Crippen LogP) is 2.96. The van der Waals surface area contributed by atoms with Crippen molar-refractivity contribution in [2.45, 2.75) is 39.0 Å². The molecule has 0 aromatic rings. The van der Waals surface area contributed by atoms with Crippen LogP contribution in [0.4, 0.5) is 0 Å². The van der Waals surface area contributed by atoms with Crippen molar-refractivity contribution in [2.24, 2.45) is 11.3 Å². The lowest BCUT2D eigenvalue weighted by atomic mass is 9.76. The fourth-order valence-corrected chi connectivity index (χ4v) is 2.25. The van der Waals surface area contributed by atoms with E-state index in [0.29, 0.717) is 5.92 Å². The Balaban J connectivity index is 2.60. The third-order valence-corrected chi connectivity index (χ3v) is 3.31. The zero-order valence-corrected chi connectivity index (χ0v) is 7.88. The van der Waals surface area contributed by atoms with Gasteiger partial charge in [-0.3, -0.25) is 0 Å². The van der Waals surface area contributed by atoms with Gasteiger partial charge in [0, 0.05) is 5.41 Å². The number of hydrogen-bond donors (Lipinski definition) is 0. The molecule has 0 N–H and O–H groups in total. The lowest BCUT2D eigenvalue weighted by Crippen LogP contribution is -2.25. The van der Waals surface area contributed by atoms with Crippen LogP contribution < -0.4 is 0 Å². The molecule has 1 saturated carbocycles. The number of aldehydes is 1. The van der Waals surface area contributed by atoms with Crippen LogP contribution in [0.3, 0.4) is 0 Å². The second kappa shape index (κ2) is 3.88. The smallest absolute Gasteiger partial charge is 0.126 e. The molecule has 0 heterocycles. The summed E-state index contributed by atoms with van der Waals surface area (Å²) in [5.41, 5.74) is -0.00576. The minimum Gasteiger partial charge on any atom is -0.303 e. The van der Waals surface area contributed by atoms with E-state index in [4.69, 9.17) is 0 Å². The second-order valence-electron chi connectivity index (χ2n) is 3.97. The van der Waals surface area contributed by atoms with Crippen molar-refractivity contribution >= 4 is 6.29 Å². The zero-order chi connectivity index (χ0) is 9.03. The van der Waals surface area contributed by atoms with E-state index in [9.17, 15) is 4.79 Å². The van der Waals surface area contributed by atoms with Gasteiger partial charge in [0.2, 0.25) is 0 Å². The van der Waals surface area contributed by atoms with Gasteiger partial charge in [-0.2, -0.15) is 0 Å². The van der Waals surface area contributed by atoms with Crippen LogP contribution in [0.15, 0.2) is 12.7 Å². The van der Waals surface area contributed by atoms with Crippen LogP contribution in [-0.4, -0.2) is 6.29 Å². The first-order valence-corrected chi connectivity index (χ1v) is 4.82. The van der Waals surface area contributed by atoms with Gasteiger partial charge in [0.1, 0.15) is 6.29 Å². The predicted molar refractivity (Wildman–Crippen MR) is 50.9 cm³/mol. The highest BCUT2D eigenvalue weighted by Crippen LogP contribution is 2.44. The third-order valence-electron chi connectivity index (χ3n) is 3.31. The molecule has 0 spiro atoms. The Kier molecular flexibility index (Phi) is 3.07. The summed E-state index contributed by atoms with van der Waals surface area (Å²) < 4.78 is 0. The fraction of sp³-hybridized carbons (Fsp3) is 0.727. The van der Waals surface area contributed by atoms with Crippen LogP contribution >= 0.6 is 0 Å². The lowest BCUT2D eigenvalue weighted by Gasteiger charge is -2.26. The van der Waals surface area contributed by atoms with Gasteiger partial charge in [-0.05, 0) is 31.6 Å². The molecule has 1 aliphatic rings. The van der Waals surface area contributed by atoms with Crippen LogP contribution in [0.25, 0.3) is 0 Å². The molecule has 1 aliphatic carbocycles. The standard InChI is InChI=1S/C11H18O/c1-3-4-7-11(9-12)8-5-6-10(11)2/h3,9-10H,1,4-8H2,2H3. The van der Waals surface area contributed by atoms with E-state index in [-0.39, 0.29) is 5.41 Å². The van der Waals surface area contributed by atoms with Crippen LogP contribution in [0.1, 0.15) is 39.0 Å². The Morgan fingerprint density at radius 1 is 1.67 bits per heavy atom. The molecule has 2 atom stereocenters. The van der Waals surface area contributed by atoms with Gasteiger partial charge in [0.15, 0.2) is 0 Å². The summed E-state index contributed by atoms with van der Waals surface area (Å²) in [6.45, 7) is 5.90. The van der Waals surface area contributed by atoms with E-state index in [1.165, 1.54) is 19.1 Å². The third kappa shape index (κ3) is 1.60. The summed E-state index contributed by atoms with van der Waals surface area (Å²) in [5, 5.41) is 0. The first kappa shape index (κ1) is 9.50. The SMILES string of the molecule is C=CCCC1(C=O)CCCC1C. The first-order valence-electron chi connectivity index (χ1n) is 4.82. The molecule has 1 fully saturated rings. The van der Waals surface area contributed by atoms with E-state index in [1.807, 2.05) is 6.08 Å². The highest BCUT2D eigenvalue weighted by Gasteiger charge is 2.38. The number of allylic oxidation sites excluding steroid dienone is 1. The van der Waals surface area contributed by atoms with Gasteiger partial charge in [-0.25, -0.2) is 0 Å². The van der Waals surface area contributed by atoms with Gasteiger partial charge in [-0.1, -0.05) is 19.4 Å². The molecule has 0 radical (unpaired) electrons. The largest absolute Gasteiger partial charge is 0.303 e. The van der Waals surface area contributed by atoms with Crippen molar-refractivity contribution in [3.63, 3.8) is 0 Å². The van der Waals surface area contributed by atoms with Crippen LogP contribution in [0.5, 0.6) is 0 Å². The summed E-state index contributed by atoms with van der Waals surface area (Å²) in [6, 6.07) is 0. The van der Waals surface area contributed by atoms with Crippen molar-refractivity contribution in [3.8, 4) is 0 Å². The van der Waals surface area contributed by atoms with Crippen LogP contribution in [0, 0.1) is 11.3 Å². The van der Waals surface area contributed by atoms with Crippen molar-refractivity contribution in [1.82, 2.24) is 0 Å². The minimum absolute atomic E-state index is 0.00576. The molecule has 0 bridgehead atoms. The normalized spacial score (nSPS) is 34.9. The van der Waals surface area contributed by atoms with Crippen molar-refractivity contribution in [3.05, 3.63) is 12.7 Å². The summed E-state index contributed by atoms with van der Waals surface area (Å²) in [5.74, 6) is 0.579. The Labute approximate surface area is 74.9 Å². The Hall–Kier alpha value is -0.590. The summed E-state index contributed by atoms with van der Waals surface area (Å²) in [7, 11) is 0. The molecule has 1 heteroatoms.